The molecule has 62 heavy (non-hydrogen) atoms. The minimum Gasteiger partial charge on any atom is -0.312 e. The molecule has 9 aromatic rings. The van der Waals surface area contributed by atoms with Crippen molar-refractivity contribution in [1.82, 2.24) is 5.32 Å². The van der Waals surface area contributed by atoms with Crippen molar-refractivity contribution in [2.75, 3.05) is 4.90 Å². The normalized spacial score (nSPS) is 14.2. The van der Waals surface area contributed by atoms with Crippen LogP contribution in [-0.2, 0) is 5.41 Å². The third-order valence-electron chi connectivity index (χ3n) is 12.6. The van der Waals surface area contributed by atoms with Crippen LogP contribution in [0.3, 0.4) is 0 Å². The van der Waals surface area contributed by atoms with E-state index in [0.717, 1.165) is 33.5 Å². The van der Waals surface area contributed by atoms with Gasteiger partial charge in [-0.05, 0) is 115 Å². The second-order valence-electron chi connectivity index (χ2n) is 16.1. The van der Waals surface area contributed by atoms with Crippen molar-refractivity contribution in [3.8, 4) is 33.4 Å². The second kappa shape index (κ2) is 15.8. The lowest BCUT2D eigenvalue weighted by Crippen LogP contribution is -2.36. The second-order valence-corrected chi connectivity index (χ2v) is 16.1. The monoisotopic (exact) mass is 796 g/mol. The van der Waals surface area contributed by atoms with Crippen LogP contribution in [0.1, 0.15) is 51.3 Å². The molecule has 0 saturated carbocycles. The van der Waals surface area contributed by atoms with E-state index in [9.17, 15) is 0 Å². The molecule has 0 fully saturated rings. The van der Waals surface area contributed by atoms with Crippen molar-refractivity contribution < 1.29 is 0 Å². The first-order chi connectivity index (χ1) is 30.7. The summed E-state index contributed by atoms with van der Waals surface area (Å²) in [6.07, 6.45) is 1.26. The van der Waals surface area contributed by atoms with Crippen LogP contribution in [0.5, 0.6) is 0 Å². The van der Waals surface area contributed by atoms with Crippen molar-refractivity contribution in [2.45, 2.75) is 17.7 Å². The van der Waals surface area contributed by atoms with Crippen LogP contribution in [0, 0.1) is 0 Å². The van der Waals surface area contributed by atoms with Crippen LogP contribution in [0.4, 0.5) is 17.1 Å². The molecule has 1 aliphatic carbocycles. The van der Waals surface area contributed by atoms with Gasteiger partial charge in [0.1, 0.15) is 6.17 Å². The fourth-order valence-corrected chi connectivity index (χ4v) is 9.77. The molecule has 0 aromatic heterocycles. The Hall–Kier alpha value is -7.63. The molecule has 2 aliphatic rings. The molecule has 296 valence electrons. The zero-order valence-corrected chi connectivity index (χ0v) is 34.1. The lowest BCUT2D eigenvalue weighted by atomic mass is 9.64. The van der Waals surface area contributed by atoms with Gasteiger partial charge in [-0.15, -0.1) is 0 Å². The number of para-hydroxylation sites is 3. The summed E-state index contributed by atoms with van der Waals surface area (Å²) in [6.45, 7) is 0. The first-order valence-electron chi connectivity index (χ1n) is 21.3. The van der Waals surface area contributed by atoms with Gasteiger partial charge in [-0.1, -0.05) is 188 Å². The van der Waals surface area contributed by atoms with Gasteiger partial charge in [0.25, 0.3) is 0 Å². The minimum atomic E-state index is -0.511. The highest BCUT2D eigenvalue weighted by Crippen LogP contribution is 2.63. The van der Waals surface area contributed by atoms with Crippen molar-refractivity contribution in [1.29, 1.82) is 0 Å². The van der Waals surface area contributed by atoms with Crippen LogP contribution < -0.4 is 16.0 Å². The lowest BCUT2D eigenvalue weighted by molar-refractivity contribution is 0.467. The van der Waals surface area contributed by atoms with Gasteiger partial charge in [0.05, 0.1) is 23.0 Å². The van der Waals surface area contributed by atoms with E-state index in [1.165, 1.54) is 55.9 Å². The van der Waals surface area contributed by atoms with E-state index in [4.69, 9.17) is 10.7 Å². The molecule has 0 amide bonds. The predicted octanol–water partition coefficient (Wildman–Crippen LogP) is 13.5. The van der Waals surface area contributed by atoms with Crippen molar-refractivity contribution in [2.24, 2.45) is 10.7 Å². The molecule has 0 bridgehead atoms. The Bertz CT molecular complexity index is 3040. The molecular weight excluding hydrogens is 753 g/mol. The maximum Gasteiger partial charge on any atom is 0.127 e. The average Bonchev–Trinajstić information content (AvgIpc) is 3.64. The Labute approximate surface area is 363 Å². The maximum atomic E-state index is 6.64. The Balaban J connectivity index is 0.978. The predicted molar refractivity (Wildman–Crippen MR) is 256 cm³/mol. The van der Waals surface area contributed by atoms with Gasteiger partial charge in [0.2, 0.25) is 0 Å². The van der Waals surface area contributed by atoms with Gasteiger partial charge in [-0.25, -0.2) is 0 Å². The summed E-state index contributed by atoms with van der Waals surface area (Å²) in [5.74, 6) is 0. The highest BCUT2D eigenvalue weighted by atomic mass is 15.2. The molecule has 9 aromatic carbocycles. The number of benzene rings is 9. The first-order valence-corrected chi connectivity index (χ1v) is 21.3. The SMILES string of the molecule is NC(NC(N=Cc1cccc(-c2cccc(-c3ccc4c(c3)C3(c5ccccc5-4)c4ccccc4N(c4ccccc4)c4ccccc43)c2)c1)c1ccccc1)c1ccccc1. The molecule has 4 nitrogen and oxygen atoms in total. The van der Waals surface area contributed by atoms with Crippen molar-refractivity contribution in [3.63, 3.8) is 0 Å². The van der Waals surface area contributed by atoms with Gasteiger partial charge in [0, 0.05) is 11.9 Å². The van der Waals surface area contributed by atoms with E-state index in [1.807, 2.05) is 54.7 Å². The van der Waals surface area contributed by atoms with Crippen LogP contribution in [0.25, 0.3) is 33.4 Å². The van der Waals surface area contributed by atoms with E-state index >= 15 is 0 Å². The average molecular weight is 797 g/mol. The van der Waals surface area contributed by atoms with E-state index in [1.54, 1.807) is 0 Å². The van der Waals surface area contributed by atoms with Gasteiger partial charge in [-0.2, -0.15) is 0 Å². The van der Waals surface area contributed by atoms with Crippen molar-refractivity contribution in [3.05, 3.63) is 269 Å². The topological polar surface area (TPSA) is 53.6 Å². The van der Waals surface area contributed by atoms with Crippen LogP contribution in [0.2, 0.25) is 0 Å². The number of hydrogen-bond acceptors (Lipinski definition) is 4. The summed E-state index contributed by atoms with van der Waals surface area (Å²) < 4.78 is 0. The zero-order chi connectivity index (χ0) is 41.5. The molecule has 1 heterocycles. The molecule has 3 N–H and O–H groups in total. The molecule has 1 aliphatic heterocycles. The standard InChI is InChI=1S/C58H44N4/c59-56(41-19-4-1-5-20-41)61-57(42-21-6-2-7-22-42)60-39-40-18-16-23-43(36-40)44-24-17-25-45(37-44)46-34-35-49-48-28-10-11-29-50(48)58(53(49)38-46)51-30-12-14-32-54(51)62(47-26-8-3-9-27-47)55-33-15-13-31-52(55)58/h1-39,56-57,61H,59H2. The van der Waals surface area contributed by atoms with Gasteiger partial charge >= 0.3 is 0 Å². The minimum absolute atomic E-state index is 0.322. The fraction of sp³-hybridized carbons (Fsp3) is 0.0517. The quantitative estimate of drug-likeness (QED) is 0.113. The molecule has 11 rings (SSSR count). The van der Waals surface area contributed by atoms with Crippen LogP contribution >= 0.6 is 0 Å². The molecule has 0 saturated heterocycles. The molecule has 1 spiro atoms. The highest BCUT2D eigenvalue weighted by molar-refractivity contribution is 5.96. The maximum absolute atomic E-state index is 6.64. The molecular formula is C58H44N4. The highest BCUT2D eigenvalue weighted by Gasteiger charge is 2.51. The zero-order valence-electron chi connectivity index (χ0n) is 34.1. The smallest absolute Gasteiger partial charge is 0.127 e. The van der Waals surface area contributed by atoms with E-state index in [0.29, 0.717) is 0 Å². The Morgan fingerprint density at radius 1 is 0.435 bits per heavy atom. The third kappa shape index (κ3) is 6.36. The number of nitrogens with two attached hydrogens (primary N) is 1. The van der Waals surface area contributed by atoms with E-state index in [2.05, 4.69) is 192 Å². The Morgan fingerprint density at radius 2 is 0.952 bits per heavy atom. The first kappa shape index (κ1) is 37.4. The van der Waals surface area contributed by atoms with E-state index in [-0.39, 0.29) is 12.3 Å². The largest absolute Gasteiger partial charge is 0.312 e. The summed E-state index contributed by atoms with van der Waals surface area (Å²) in [4.78, 5) is 7.49. The molecule has 2 unspecified atom stereocenters. The Kier molecular flexibility index (Phi) is 9.50. The number of aliphatic imine (C=N–C) groups is 1. The number of rotatable bonds is 9. The number of hydrogen-bond donors (Lipinski definition) is 2. The van der Waals surface area contributed by atoms with Crippen molar-refractivity contribution >= 4 is 23.3 Å². The number of anilines is 3. The summed E-state index contributed by atoms with van der Waals surface area (Å²) in [7, 11) is 0. The number of nitrogens with zero attached hydrogens (tertiary/aromatic N) is 2. The van der Waals surface area contributed by atoms with Gasteiger partial charge in [0.15, 0.2) is 0 Å². The summed E-state index contributed by atoms with van der Waals surface area (Å²) in [5.41, 5.74) is 25.1. The molecule has 2 atom stereocenters. The third-order valence-corrected chi connectivity index (χ3v) is 12.6. The van der Waals surface area contributed by atoms with Crippen LogP contribution in [-0.4, -0.2) is 6.21 Å². The van der Waals surface area contributed by atoms with Gasteiger partial charge < -0.3 is 10.6 Å². The van der Waals surface area contributed by atoms with Gasteiger partial charge in [-0.3, -0.25) is 10.3 Å². The molecule has 4 heteroatoms. The lowest BCUT2D eigenvalue weighted by Gasteiger charge is -2.45. The van der Waals surface area contributed by atoms with E-state index < -0.39 is 5.41 Å². The summed E-state index contributed by atoms with van der Waals surface area (Å²) >= 11 is 0. The van der Waals surface area contributed by atoms with Crippen LogP contribution in [0.15, 0.2) is 236 Å². The number of nitrogens with one attached hydrogen (secondary N) is 1. The summed E-state index contributed by atoms with van der Waals surface area (Å²) in [5, 5.41) is 3.53. The Morgan fingerprint density at radius 3 is 1.63 bits per heavy atom. The summed E-state index contributed by atoms with van der Waals surface area (Å²) in [6, 6.07) is 82.7. The molecule has 0 radical (unpaired) electrons. The number of fused-ring (bicyclic) bond motifs is 9. The fourth-order valence-electron chi connectivity index (χ4n) is 9.77.